The summed E-state index contributed by atoms with van der Waals surface area (Å²) in [6.07, 6.45) is 0.852. The lowest BCUT2D eigenvalue weighted by molar-refractivity contribution is 0.578. The Morgan fingerprint density at radius 1 is 1.35 bits per heavy atom. The molecule has 1 aromatic rings. The smallest absolute Gasteiger partial charge is 0.208 e. The second-order valence-electron chi connectivity index (χ2n) is 4.14. The molecule has 1 aliphatic rings. The van der Waals surface area contributed by atoms with Crippen molar-refractivity contribution in [1.82, 2.24) is 4.72 Å². The number of sulfonamides is 1. The summed E-state index contributed by atoms with van der Waals surface area (Å²) in [4.78, 5) is -0.0527. The zero-order chi connectivity index (χ0) is 12.8. The third kappa shape index (κ3) is 2.96. The van der Waals surface area contributed by atoms with Gasteiger partial charge in [-0.15, -0.1) is 0 Å². The van der Waals surface area contributed by atoms with Crippen molar-refractivity contribution in [2.45, 2.75) is 24.3 Å². The Balaban J connectivity index is 2.39. The van der Waals surface area contributed by atoms with Crippen LogP contribution in [-0.4, -0.2) is 14.5 Å². The van der Waals surface area contributed by atoms with Crippen LogP contribution in [0.4, 0.5) is 0 Å². The molecule has 2 unspecified atom stereocenters. The minimum atomic E-state index is -3.64. The quantitative estimate of drug-likeness (QED) is 0.899. The summed E-state index contributed by atoms with van der Waals surface area (Å²) in [6, 6.07) is 3.02. The van der Waals surface area contributed by atoms with Gasteiger partial charge >= 0.3 is 0 Å². The summed E-state index contributed by atoms with van der Waals surface area (Å²) in [5.74, 6) is 0.373. The second-order valence-corrected chi connectivity index (χ2v) is 7.52. The standard InChI is InChI=1S/C10H10BrCl2NO2S/c1-5-2-9(5)14-17(15,16)10-7(12)3-6(11)4-8(10)13/h3-5,9,14H,2H2,1H3. The molecule has 7 heteroatoms. The molecular weight excluding hydrogens is 349 g/mol. The summed E-state index contributed by atoms with van der Waals surface area (Å²) in [5, 5.41) is 0.232. The molecule has 1 saturated carbocycles. The molecule has 0 amide bonds. The highest BCUT2D eigenvalue weighted by atomic mass is 79.9. The van der Waals surface area contributed by atoms with E-state index < -0.39 is 10.0 Å². The van der Waals surface area contributed by atoms with Gasteiger partial charge in [-0.1, -0.05) is 46.1 Å². The molecule has 0 aliphatic heterocycles. The van der Waals surface area contributed by atoms with E-state index in [1.165, 1.54) is 12.1 Å². The Bertz CT molecular complexity index is 538. The van der Waals surface area contributed by atoms with Crippen LogP contribution in [0.25, 0.3) is 0 Å². The zero-order valence-electron chi connectivity index (χ0n) is 8.88. The number of rotatable bonds is 3. The first kappa shape index (κ1) is 13.6. The molecule has 1 fully saturated rings. The van der Waals surface area contributed by atoms with Gasteiger partial charge in [-0.3, -0.25) is 0 Å². The fourth-order valence-electron chi connectivity index (χ4n) is 1.53. The molecular formula is C10H10BrCl2NO2S. The van der Waals surface area contributed by atoms with Crippen LogP contribution in [0.15, 0.2) is 21.5 Å². The largest absolute Gasteiger partial charge is 0.243 e. The van der Waals surface area contributed by atoms with Crippen molar-refractivity contribution in [1.29, 1.82) is 0 Å². The molecule has 94 valence electrons. The second kappa shape index (κ2) is 4.70. The lowest BCUT2D eigenvalue weighted by Crippen LogP contribution is -2.27. The van der Waals surface area contributed by atoms with Gasteiger partial charge in [-0.2, -0.15) is 0 Å². The highest BCUT2D eigenvalue weighted by Gasteiger charge is 2.37. The van der Waals surface area contributed by atoms with Crippen molar-refractivity contribution in [3.05, 3.63) is 26.7 Å². The van der Waals surface area contributed by atoms with Crippen molar-refractivity contribution >= 4 is 49.2 Å². The minimum absolute atomic E-state index is 0.00391. The van der Waals surface area contributed by atoms with Crippen molar-refractivity contribution in [3.8, 4) is 0 Å². The number of hydrogen-bond acceptors (Lipinski definition) is 2. The van der Waals surface area contributed by atoms with Crippen molar-refractivity contribution < 1.29 is 8.42 Å². The van der Waals surface area contributed by atoms with E-state index in [0.717, 1.165) is 6.42 Å². The third-order valence-corrected chi connectivity index (χ3v) is 5.52. The molecule has 3 nitrogen and oxygen atoms in total. The average molecular weight is 359 g/mol. The molecule has 0 aromatic heterocycles. The van der Waals surface area contributed by atoms with E-state index in [4.69, 9.17) is 23.2 Å². The molecule has 1 N–H and O–H groups in total. The number of hydrogen-bond donors (Lipinski definition) is 1. The SMILES string of the molecule is CC1CC1NS(=O)(=O)c1c(Cl)cc(Br)cc1Cl. The van der Waals surface area contributed by atoms with Gasteiger partial charge in [0.05, 0.1) is 10.0 Å². The summed E-state index contributed by atoms with van der Waals surface area (Å²) in [6.45, 7) is 1.98. The van der Waals surface area contributed by atoms with Crippen LogP contribution < -0.4 is 4.72 Å². The predicted molar refractivity (Wildman–Crippen MR) is 72.1 cm³/mol. The van der Waals surface area contributed by atoms with E-state index in [0.29, 0.717) is 10.4 Å². The maximum absolute atomic E-state index is 12.1. The molecule has 0 spiro atoms. The van der Waals surface area contributed by atoms with Gasteiger partial charge in [-0.25, -0.2) is 13.1 Å². The highest BCUT2D eigenvalue weighted by molar-refractivity contribution is 9.10. The van der Waals surface area contributed by atoms with Gasteiger partial charge < -0.3 is 0 Å². The first-order chi connectivity index (χ1) is 7.81. The van der Waals surface area contributed by atoms with Gasteiger partial charge in [0, 0.05) is 10.5 Å². The molecule has 0 radical (unpaired) electrons. The summed E-state index contributed by atoms with van der Waals surface area (Å²) >= 11 is 15.1. The van der Waals surface area contributed by atoms with Crippen LogP contribution in [-0.2, 0) is 10.0 Å². The van der Waals surface area contributed by atoms with Gasteiger partial charge in [0.2, 0.25) is 10.0 Å². The molecule has 0 bridgehead atoms. The summed E-state index contributed by atoms with van der Waals surface area (Å²) in [7, 11) is -3.64. The molecule has 1 aliphatic carbocycles. The monoisotopic (exact) mass is 357 g/mol. The van der Waals surface area contributed by atoms with Crippen molar-refractivity contribution in [3.63, 3.8) is 0 Å². The number of halogens is 3. The fourth-order valence-corrected chi connectivity index (χ4v) is 4.82. The maximum Gasteiger partial charge on any atom is 0.243 e. The van der Waals surface area contributed by atoms with Crippen LogP contribution in [0.1, 0.15) is 13.3 Å². The maximum atomic E-state index is 12.1. The number of nitrogens with one attached hydrogen (secondary N) is 1. The summed E-state index contributed by atoms with van der Waals surface area (Å²) in [5.41, 5.74) is 0. The highest BCUT2D eigenvalue weighted by Crippen LogP contribution is 2.35. The Morgan fingerprint density at radius 2 is 1.82 bits per heavy atom. The molecule has 1 aromatic carbocycles. The van der Waals surface area contributed by atoms with Gasteiger partial charge in [-0.05, 0) is 24.5 Å². The van der Waals surface area contributed by atoms with E-state index in [1.54, 1.807) is 0 Å². The van der Waals surface area contributed by atoms with E-state index in [-0.39, 0.29) is 21.0 Å². The normalized spacial score (nSPS) is 23.8. The first-order valence-electron chi connectivity index (χ1n) is 4.98. The van der Waals surface area contributed by atoms with E-state index in [9.17, 15) is 8.42 Å². The molecule has 2 atom stereocenters. The lowest BCUT2D eigenvalue weighted by atomic mass is 10.4. The topological polar surface area (TPSA) is 46.2 Å². The predicted octanol–water partition coefficient (Wildman–Crippen LogP) is 3.44. The van der Waals surface area contributed by atoms with Crippen LogP contribution >= 0.6 is 39.1 Å². The lowest BCUT2D eigenvalue weighted by Gasteiger charge is -2.10. The zero-order valence-corrected chi connectivity index (χ0v) is 12.8. The fraction of sp³-hybridized carbons (Fsp3) is 0.400. The van der Waals surface area contributed by atoms with E-state index >= 15 is 0 Å². The molecule has 2 rings (SSSR count). The average Bonchev–Trinajstić information content (AvgIpc) is 2.76. The van der Waals surface area contributed by atoms with Gasteiger partial charge in [0.25, 0.3) is 0 Å². The minimum Gasteiger partial charge on any atom is -0.208 e. The van der Waals surface area contributed by atoms with E-state index in [2.05, 4.69) is 20.7 Å². The molecule has 0 saturated heterocycles. The third-order valence-electron chi connectivity index (χ3n) is 2.65. The van der Waals surface area contributed by atoms with Gasteiger partial charge in [0.15, 0.2) is 0 Å². The van der Waals surface area contributed by atoms with Crippen LogP contribution in [0.3, 0.4) is 0 Å². The molecule has 17 heavy (non-hydrogen) atoms. The summed E-state index contributed by atoms with van der Waals surface area (Å²) < 4.78 is 27.4. The van der Waals surface area contributed by atoms with Crippen molar-refractivity contribution in [2.24, 2.45) is 5.92 Å². The van der Waals surface area contributed by atoms with Crippen LogP contribution in [0.2, 0.25) is 10.0 Å². The Morgan fingerprint density at radius 3 is 2.24 bits per heavy atom. The Kier molecular flexibility index (Phi) is 3.77. The Hall–Kier alpha value is 0.190. The van der Waals surface area contributed by atoms with Gasteiger partial charge in [0.1, 0.15) is 4.90 Å². The first-order valence-corrected chi connectivity index (χ1v) is 8.01. The molecule has 0 heterocycles. The Labute approximate surface area is 119 Å². The van der Waals surface area contributed by atoms with E-state index in [1.807, 2.05) is 6.92 Å². The van der Waals surface area contributed by atoms with Crippen molar-refractivity contribution in [2.75, 3.05) is 0 Å². The van der Waals surface area contributed by atoms with Crippen LogP contribution in [0, 0.1) is 5.92 Å². The van der Waals surface area contributed by atoms with Crippen LogP contribution in [0.5, 0.6) is 0 Å². The number of benzene rings is 1.